The van der Waals surface area contributed by atoms with E-state index in [0.717, 1.165) is 15.7 Å². The first-order valence-corrected chi connectivity index (χ1v) is 7.62. The molecule has 0 aromatic heterocycles. The molecular formula is C16H20BrN3O2. The molecule has 0 radical (unpaired) electrons. The second-order valence-corrected chi connectivity index (χ2v) is 5.94. The van der Waals surface area contributed by atoms with Crippen LogP contribution in [-0.2, 0) is 9.59 Å². The number of hydrogen-bond acceptors (Lipinski definition) is 3. The van der Waals surface area contributed by atoms with Gasteiger partial charge in [-0.25, -0.2) is 0 Å². The van der Waals surface area contributed by atoms with Gasteiger partial charge in [0.05, 0.1) is 19.1 Å². The minimum absolute atomic E-state index is 0.111. The number of amides is 2. The molecule has 1 aromatic rings. The van der Waals surface area contributed by atoms with E-state index in [1.807, 2.05) is 25.1 Å². The SMILES string of the molecule is C#CCNC(=O)C(C)N(C)CC(=O)Nc1ccc(Br)cc1C. The molecule has 0 aliphatic rings. The lowest BCUT2D eigenvalue weighted by molar-refractivity contribution is -0.126. The maximum absolute atomic E-state index is 12.1. The van der Waals surface area contributed by atoms with Gasteiger partial charge in [-0.1, -0.05) is 21.9 Å². The molecule has 0 aliphatic heterocycles. The monoisotopic (exact) mass is 365 g/mol. The number of nitrogens with one attached hydrogen (secondary N) is 2. The van der Waals surface area contributed by atoms with E-state index in [0.29, 0.717) is 0 Å². The topological polar surface area (TPSA) is 61.4 Å². The van der Waals surface area contributed by atoms with Gasteiger partial charge >= 0.3 is 0 Å². The Morgan fingerprint density at radius 2 is 2.14 bits per heavy atom. The number of terminal acetylenes is 1. The van der Waals surface area contributed by atoms with Crippen LogP contribution < -0.4 is 10.6 Å². The van der Waals surface area contributed by atoms with E-state index in [9.17, 15) is 9.59 Å². The van der Waals surface area contributed by atoms with Gasteiger partial charge in [0.1, 0.15) is 0 Å². The third-order valence-electron chi connectivity index (χ3n) is 3.26. The van der Waals surface area contributed by atoms with E-state index >= 15 is 0 Å². The summed E-state index contributed by atoms with van der Waals surface area (Å²) in [4.78, 5) is 25.5. The predicted octanol–water partition coefficient (Wildman–Crippen LogP) is 1.77. The van der Waals surface area contributed by atoms with Gasteiger partial charge in [-0.2, -0.15) is 0 Å². The zero-order chi connectivity index (χ0) is 16.7. The summed E-state index contributed by atoms with van der Waals surface area (Å²) in [5, 5.41) is 5.44. The smallest absolute Gasteiger partial charge is 0.238 e. The van der Waals surface area contributed by atoms with Crippen LogP contribution in [0.1, 0.15) is 12.5 Å². The highest BCUT2D eigenvalue weighted by atomic mass is 79.9. The maximum atomic E-state index is 12.1. The lowest BCUT2D eigenvalue weighted by atomic mass is 10.2. The van der Waals surface area contributed by atoms with Crippen molar-refractivity contribution in [1.29, 1.82) is 0 Å². The molecule has 0 saturated heterocycles. The highest BCUT2D eigenvalue weighted by molar-refractivity contribution is 9.10. The molecule has 0 spiro atoms. The van der Waals surface area contributed by atoms with Crippen molar-refractivity contribution >= 4 is 33.4 Å². The maximum Gasteiger partial charge on any atom is 0.238 e. The van der Waals surface area contributed by atoms with Crippen molar-refractivity contribution < 1.29 is 9.59 Å². The van der Waals surface area contributed by atoms with E-state index in [4.69, 9.17) is 6.42 Å². The molecule has 118 valence electrons. The molecular weight excluding hydrogens is 346 g/mol. The predicted molar refractivity (Wildman–Crippen MR) is 91.4 cm³/mol. The summed E-state index contributed by atoms with van der Waals surface area (Å²) in [5.41, 5.74) is 1.72. The fourth-order valence-corrected chi connectivity index (χ4v) is 2.28. The number of hydrogen-bond donors (Lipinski definition) is 2. The minimum Gasteiger partial charge on any atom is -0.344 e. The lowest BCUT2D eigenvalue weighted by Crippen LogP contribution is -2.46. The zero-order valence-corrected chi connectivity index (χ0v) is 14.5. The fraction of sp³-hybridized carbons (Fsp3) is 0.375. The summed E-state index contributed by atoms with van der Waals surface area (Å²) in [6, 6.07) is 5.18. The van der Waals surface area contributed by atoms with Crippen molar-refractivity contribution in [3.63, 3.8) is 0 Å². The molecule has 0 fully saturated rings. The number of carbonyl (C=O) groups is 2. The summed E-state index contributed by atoms with van der Waals surface area (Å²) in [5.74, 6) is 1.97. The summed E-state index contributed by atoms with van der Waals surface area (Å²) in [6.07, 6.45) is 5.10. The van der Waals surface area contributed by atoms with Crippen LogP contribution in [0.25, 0.3) is 0 Å². The van der Waals surface area contributed by atoms with Crippen molar-refractivity contribution in [2.75, 3.05) is 25.5 Å². The van der Waals surface area contributed by atoms with E-state index in [1.165, 1.54) is 0 Å². The Morgan fingerprint density at radius 3 is 2.73 bits per heavy atom. The number of aryl methyl sites for hydroxylation is 1. The van der Waals surface area contributed by atoms with Crippen molar-refractivity contribution in [3.8, 4) is 12.3 Å². The van der Waals surface area contributed by atoms with Crippen molar-refractivity contribution in [2.45, 2.75) is 19.9 Å². The van der Waals surface area contributed by atoms with Crippen LogP contribution in [0.3, 0.4) is 0 Å². The van der Waals surface area contributed by atoms with E-state index in [2.05, 4.69) is 32.5 Å². The molecule has 0 heterocycles. The number of benzene rings is 1. The van der Waals surface area contributed by atoms with Crippen LogP contribution in [0.5, 0.6) is 0 Å². The summed E-state index contributed by atoms with van der Waals surface area (Å²) in [7, 11) is 1.72. The quantitative estimate of drug-likeness (QED) is 0.755. The van der Waals surface area contributed by atoms with Gasteiger partial charge in [-0.15, -0.1) is 6.42 Å². The first-order chi connectivity index (χ1) is 10.3. The normalized spacial score (nSPS) is 11.6. The van der Waals surface area contributed by atoms with E-state index in [1.54, 1.807) is 18.9 Å². The largest absolute Gasteiger partial charge is 0.344 e. The number of anilines is 1. The van der Waals surface area contributed by atoms with Gasteiger partial charge in [-0.05, 0) is 44.7 Å². The Bertz CT molecular complexity index is 596. The number of likely N-dealkylation sites (N-methyl/N-ethyl adjacent to an activating group) is 1. The van der Waals surface area contributed by atoms with Crippen molar-refractivity contribution in [1.82, 2.24) is 10.2 Å². The molecule has 2 N–H and O–H groups in total. The molecule has 1 unspecified atom stereocenters. The second kappa shape index (κ2) is 8.57. The van der Waals surface area contributed by atoms with Crippen LogP contribution in [0.15, 0.2) is 22.7 Å². The van der Waals surface area contributed by atoms with Crippen LogP contribution in [0, 0.1) is 19.3 Å². The third kappa shape index (κ3) is 5.51. The van der Waals surface area contributed by atoms with Gasteiger partial charge < -0.3 is 10.6 Å². The Hall–Kier alpha value is -1.84. The molecule has 2 amide bonds. The first-order valence-electron chi connectivity index (χ1n) is 6.82. The van der Waals surface area contributed by atoms with Gasteiger partial charge in [0, 0.05) is 10.2 Å². The third-order valence-corrected chi connectivity index (χ3v) is 3.75. The van der Waals surface area contributed by atoms with Gasteiger partial charge in [-0.3, -0.25) is 14.5 Å². The standard InChI is InChI=1S/C16H20BrN3O2/c1-5-8-18-16(22)12(3)20(4)10-15(21)19-14-7-6-13(17)9-11(14)2/h1,6-7,9,12H,8,10H2,2-4H3,(H,18,22)(H,19,21). The number of halogens is 1. The average molecular weight is 366 g/mol. The summed E-state index contributed by atoms with van der Waals surface area (Å²) >= 11 is 3.38. The van der Waals surface area contributed by atoms with Gasteiger partial charge in [0.15, 0.2) is 0 Å². The zero-order valence-electron chi connectivity index (χ0n) is 12.9. The highest BCUT2D eigenvalue weighted by Crippen LogP contribution is 2.19. The molecule has 1 aromatic carbocycles. The van der Waals surface area contributed by atoms with E-state index in [-0.39, 0.29) is 24.9 Å². The lowest BCUT2D eigenvalue weighted by Gasteiger charge is -2.23. The molecule has 22 heavy (non-hydrogen) atoms. The Balaban J connectivity index is 2.57. The Labute approximate surface area is 139 Å². The first kappa shape index (κ1) is 18.2. The average Bonchev–Trinajstić information content (AvgIpc) is 2.46. The van der Waals surface area contributed by atoms with Crippen LogP contribution in [-0.4, -0.2) is 42.9 Å². The summed E-state index contributed by atoms with van der Waals surface area (Å²) in [6.45, 7) is 3.94. The van der Waals surface area contributed by atoms with E-state index < -0.39 is 6.04 Å². The van der Waals surface area contributed by atoms with Gasteiger partial charge in [0.25, 0.3) is 0 Å². The molecule has 1 atom stereocenters. The molecule has 6 heteroatoms. The molecule has 0 saturated carbocycles. The van der Waals surface area contributed by atoms with Crippen LogP contribution in [0.2, 0.25) is 0 Å². The number of nitrogens with zero attached hydrogens (tertiary/aromatic N) is 1. The van der Waals surface area contributed by atoms with Crippen molar-refractivity contribution in [3.05, 3.63) is 28.2 Å². The minimum atomic E-state index is -0.440. The molecule has 5 nitrogen and oxygen atoms in total. The second-order valence-electron chi connectivity index (χ2n) is 5.02. The van der Waals surface area contributed by atoms with Crippen LogP contribution >= 0.6 is 15.9 Å². The van der Waals surface area contributed by atoms with Gasteiger partial charge in [0.2, 0.25) is 11.8 Å². The van der Waals surface area contributed by atoms with Crippen molar-refractivity contribution in [2.24, 2.45) is 0 Å². The number of rotatable bonds is 6. The van der Waals surface area contributed by atoms with Crippen LogP contribution in [0.4, 0.5) is 5.69 Å². The Morgan fingerprint density at radius 1 is 1.45 bits per heavy atom. The molecule has 0 aliphatic carbocycles. The number of carbonyl (C=O) groups excluding carboxylic acids is 2. The Kier molecular flexibility index (Phi) is 7.09. The fourth-order valence-electron chi connectivity index (χ4n) is 1.81. The summed E-state index contributed by atoms with van der Waals surface area (Å²) < 4.78 is 0.957. The molecule has 0 bridgehead atoms. The highest BCUT2D eigenvalue weighted by Gasteiger charge is 2.19. The molecule has 1 rings (SSSR count).